The molecule has 1 fully saturated rings. The van der Waals surface area contributed by atoms with Crippen LogP contribution in [0.15, 0.2) is 6.07 Å². The van der Waals surface area contributed by atoms with Crippen molar-refractivity contribution in [2.24, 2.45) is 17.8 Å². The molecule has 1 aliphatic rings. The number of rotatable bonds is 3. The second kappa shape index (κ2) is 6.30. The molecule has 1 saturated carbocycles. The standard InChI is InChI=1S/C16H24ClFN2O/c1-8(2)10-5-4-9(3)6-13(10)21-16-12(20)7-11(19)14(17)15(16)18/h7-10,13H,4-6,19-20H2,1-3H3. The summed E-state index contributed by atoms with van der Waals surface area (Å²) in [6, 6.07) is 1.46. The second-order valence-corrected chi connectivity index (χ2v) is 6.87. The van der Waals surface area contributed by atoms with Gasteiger partial charge in [-0.25, -0.2) is 4.39 Å². The van der Waals surface area contributed by atoms with Crippen molar-refractivity contribution in [3.63, 3.8) is 0 Å². The van der Waals surface area contributed by atoms with E-state index in [9.17, 15) is 4.39 Å². The number of ether oxygens (including phenoxy) is 1. The fourth-order valence-electron chi connectivity index (χ4n) is 3.17. The third kappa shape index (κ3) is 3.37. The Bertz CT molecular complexity index is 521. The minimum absolute atomic E-state index is 0.0368. The summed E-state index contributed by atoms with van der Waals surface area (Å²) in [6.45, 7) is 6.54. The topological polar surface area (TPSA) is 61.3 Å². The lowest BCUT2D eigenvalue weighted by molar-refractivity contribution is 0.0437. The molecule has 5 heteroatoms. The molecule has 0 radical (unpaired) electrons. The van der Waals surface area contributed by atoms with E-state index in [1.165, 1.54) is 12.5 Å². The summed E-state index contributed by atoms with van der Waals surface area (Å²) in [5, 5.41) is -0.121. The lowest BCUT2D eigenvalue weighted by Gasteiger charge is -2.37. The van der Waals surface area contributed by atoms with Gasteiger partial charge in [0.05, 0.1) is 11.4 Å². The molecule has 0 heterocycles. The molecular weight excluding hydrogens is 291 g/mol. The molecule has 0 aromatic heterocycles. The fraction of sp³-hybridized carbons (Fsp3) is 0.625. The van der Waals surface area contributed by atoms with Crippen LogP contribution < -0.4 is 16.2 Å². The van der Waals surface area contributed by atoms with E-state index in [0.717, 1.165) is 12.8 Å². The van der Waals surface area contributed by atoms with Gasteiger partial charge in [0.2, 0.25) is 0 Å². The average Bonchev–Trinajstić information content (AvgIpc) is 2.41. The van der Waals surface area contributed by atoms with Crippen molar-refractivity contribution < 1.29 is 9.13 Å². The molecule has 2 rings (SSSR count). The maximum atomic E-state index is 14.3. The maximum absolute atomic E-state index is 14.3. The quantitative estimate of drug-likeness (QED) is 0.808. The Balaban J connectivity index is 2.29. The van der Waals surface area contributed by atoms with Crippen LogP contribution in [0.2, 0.25) is 5.02 Å². The molecule has 0 aliphatic heterocycles. The van der Waals surface area contributed by atoms with Crippen molar-refractivity contribution in [3.05, 3.63) is 16.9 Å². The summed E-state index contributed by atoms with van der Waals surface area (Å²) in [5.41, 5.74) is 11.8. The third-order valence-electron chi connectivity index (χ3n) is 4.45. The zero-order valence-electron chi connectivity index (χ0n) is 12.8. The van der Waals surface area contributed by atoms with Crippen LogP contribution in [0.5, 0.6) is 5.75 Å². The summed E-state index contributed by atoms with van der Waals surface area (Å²) in [4.78, 5) is 0. The highest BCUT2D eigenvalue weighted by atomic mass is 35.5. The Morgan fingerprint density at radius 3 is 2.57 bits per heavy atom. The third-order valence-corrected chi connectivity index (χ3v) is 4.83. The first kappa shape index (κ1) is 16.2. The van der Waals surface area contributed by atoms with Crippen LogP contribution >= 0.6 is 11.6 Å². The molecule has 4 N–H and O–H groups in total. The summed E-state index contributed by atoms with van der Waals surface area (Å²) in [7, 11) is 0. The van der Waals surface area contributed by atoms with Crippen LogP contribution in [0, 0.1) is 23.6 Å². The van der Waals surface area contributed by atoms with Crippen LogP contribution in [0.1, 0.15) is 40.0 Å². The molecule has 0 saturated heterocycles. The number of hydrogen-bond donors (Lipinski definition) is 2. The molecule has 21 heavy (non-hydrogen) atoms. The smallest absolute Gasteiger partial charge is 0.187 e. The van der Waals surface area contributed by atoms with Crippen molar-refractivity contribution >= 4 is 23.0 Å². The molecular formula is C16H24ClFN2O. The molecule has 118 valence electrons. The van der Waals surface area contributed by atoms with Crippen molar-refractivity contribution in [1.82, 2.24) is 0 Å². The predicted octanol–water partition coefficient (Wildman–Crippen LogP) is 4.48. The summed E-state index contributed by atoms with van der Waals surface area (Å²) >= 11 is 5.86. The first-order chi connectivity index (χ1) is 9.81. The Labute approximate surface area is 130 Å². The second-order valence-electron chi connectivity index (χ2n) is 6.49. The van der Waals surface area contributed by atoms with Crippen molar-refractivity contribution in [2.75, 3.05) is 11.5 Å². The van der Waals surface area contributed by atoms with Gasteiger partial charge in [0.25, 0.3) is 0 Å². The number of hydrogen-bond acceptors (Lipinski definition) is 3. The predicted molar refractivity (Wildman–Crippen MR) is 86.0 cm³/mol. The monoisotopic (exact) mass is 314 g/mol. The van der Waals surface area contributed by atoms with Crippen molar-refractivity contribution in [2.45, 2.75) is 46.1 Å². The zero-order valence-corrected chi connectivity index (χ0v) is 13.6. The van der Waals surface area contributed by atoms with Gasteiger partial charge >= 0.3 is 0 Å². The van der Waals surface area contributed by atoms with E-state index in [1.807, 2.05) is 0 Å². The minimum Gasteiger partial charge on any atom is -0.485 e. The first-order valence-corrected chi connectivity index (χ1v) is 7.88. The van der Waals surface area contributed by atoms with Gasteiger partial charge in [-0.3, -0.25) is 0 Å². The number of nitrogen functional groups attached to an aromatic ring is 2. The van der Waals surface area contributed by atoms with Crippen LogP contribution in [0.3, 0.4) is 0 Å². The largest absolute Gasteiger partial charge is 0.485 e. The molecule has 3 atom stereocenters. The number of halogens is 2. The lowest BCUT2D eigenvalue weighted by Crippen LogP contribution is -2.36. The molecule has 0 amide bonds. The van der Waals surface area contributed by atoms with Gasteiger partial charge in [-0.15, -0.1) is 0 Å². The maximum Gasteiger partial charge on any atom is 0.187 e. The average molecular weight is 315 g/mol. The van der Waals surface area contributed by atoms with Gasteiger partial charge < -0.3 is 16.2 Å². The first-order valence-electron chi connectivity index (χ1n) is 7.50. The zero-order chi connectivity index (χ0) is 15.7. The van der Waals surface area contributed by atoms with Crippen molar-refractivity contribution in [3.8, 4) is 5.75 Å². The summed E-state index contributed by atoms with van der Waals surface area (Å²) in [5.74, 6) is 0.833. The van der Waals surface area contributed by atoms with Gasteiger partial charge in [0.1, 0.15) is 11.1 Å². The van der Waals surface area contributed by atoms with Crippen LogP contribution in [0.25, 0.3) is 0 Å². The number of nitrogens with two attached hydrogens (primary N) is 2. The highest BCUT2D eigenvalue weighted by Gasteiger charge is 2.33. The number of benzene rings is 1. The normalized spacial score (nSPS) is 26.1. The van der Waals surface area contributed by atoms with E-state index < -0.39 is 5.82 Å². The van der Waals surface area contributed by atoms with Gasteiger partial charge in [0.15, 0.2) is 11.6 Å². The molecule has 1 aliphatic carbocycles. The van der Waals surface area contributed by atoms with Gasteiger partial charge in [-0.05, 0) is 36.7 Å². The highest BCUT2D eigenvalue weighted by molar-refractivity contribution is 6.33. The highest BCUT2D eigenvalue weighted by Crippen LogP contribution is 2.40. The Kier molecular flexibility index (Phi) is 4.87. The van der Waals surface area contributed by atoms with E-state index in [0.29, 0.717) is 17.8 Å². The molecule has 1 aromatic rings. The molecule has 1 aromatic carbocycles. The summed E-state index contributed by atoms with van der Waals surface area (Å²) < 4.78 is 20.2. The van der Waals surface area contributed by atoms with Gasteiger partial charge in [-0.1, -0.05) is 38.8 Å². The van der Waals surface area contributed by atoms with E-state index in [2.05, 4.69) is 20.8 Å². The molecule has 3 unspecified atom stereocenters. The van der Waals surface area contributed by atoms with E-state index in [-0.39, 0.29) is 28.3 Å². The van der Waals surface area contributed by atoms with Crippen LogP contribution in [-0.4, -0.2) is 6.10 Å². The lowest BCUT2D eigenvalue weighted by atomic mass is 9.75. The fourth-order valence-corrected chi connectivity index (χ4v) is 3.31. The van der Waals surface area contributed by atoms with Crippen LogP contribution in [0.4, 0.5) is 15.8 Å². The van der Waals surface area contributed by atoms with E-state index in [1.54, 1.807) is 0 Å². The Morgan fingerprint density at radius 1 is 1.29 bits per heavy atom. The van der Waals surface area contributed by atoms with E-state index in [4.69, 9.17) is 27.8 Å². The Hall–Kier alpha value is -1.16. The Morgan fingerprint density at radius 2 is 1.95 bits per heavy atom. The SMILES string of the molecule is CC1CCC(C(C)C)C(Oc2c(N)cc(N)c(Cl)c2F)C1. The van der Waals surface area contributed by atoms with E-state index >= 15 is 0 Å². The van der Waals surface area contributed by atoms with Gasteiger partial charge in [-0.2, -0.15) is 0 Å². The molecule has 0 bridgehead atoms. The van der Waals surface area contributed by atoms with Crippen LogP contribution in [-0.2, 0) is 0 Å². The minimum atomic E-state index is -0.658. The van der Waals surface area contributed by atoms with Gasteiger partial charge in [0, 0.05) is 0 Å². The number of anilines is 2. The molecule has 0 spiro atoms. The molecule has 3 nitrogen and oxygen atoms in total. The van der Waals surface area contributed by atoms with Crippen molar-refractivity contribution in [1.29, 1.82) is 0 Å². The summed E-state index contributed by atoms with van der Waals surface area (Å²) in [6.07, 6.45) is 3.14.